The molecule has 0 aliphatic carbocycles. The largest absolute Gasteiger partial charge is 0.352 e. The van der Waals surface area contributed by atoms with Crippen molar-refractivity contribution in [1.29, 1.82) is 0 Å². The zero-order chi connectivity index (χ0) is 13.1. The van der Waals surface area contributed by atoms with Crippen molar-refractivity contribution >= 4 is 16.9 Å². The van der Waals surface area contributed by atoms with Crippen molar-refractivity contribution in [2.45, 2.75) is 6.42 Å². The summed E-state index contributed by atoms with van der Waals surface area (Å²) in [6.45, 7) is 0.553. The summed E-state index contributed by atoms with van der Waals surface area (Å²) in [6.07, 6.45) is 4.08. The van der Waals surface area contributed by atoms with Crippen LogP contribution in [-0.4, -0.2) is 37.8 Å². The van der Waals surface area contributed by atoms with Crippen LogP contribution >= 0.6 is 0 Å². The summed E-state index contributed by atoms with van der Waals surface area (Å²) in [6, 6.07) is 5.21. The summed E-state index contributed by atoms with van der Waals surface area (Å²) in [5, 5.41) is 13.3. The lowest BCUT2D eigenvalue weighted by Crippen LogP contribution is -2.25. The quantitative estimate of drug-likeness (QED) is 0.638. The Bertz CT molecular complexity index is 687. The van der Waals surface area contributed by atoms with Crippen LogP contribution in [0.3, 0.4) is 0 Å². The number of carbonyl (C=O) groups is 1. The van der Waals surface area contributed by atoms with Crippen molar-refractivity contribution in [2.75, 3.05) is 6.54 Å². The van der Waals surface area contributed by atoms with Gasteiger partial charge in [0.2, 0.25) is 0 Å². The van der Waals surface area contributed by atoms with Crippen LogP contribution in [0, 0.1) is 0 Å². The maximum atomic E-state index is 11.9. The van der Waals surface area contributed by atoms with Gasteiger partial charge in [0.05, 0.1) is 6.33 Å². The molecule has 19 heavy (non-hydrogen) atoms. The van der Waals surface area contributed by atoms with Crippen molar-refractivity contribution in [3.8, 4) is 0 Å². The Labute approximate surface area is 108 Å². The first-order valence-corrected chi connectivity index (χ1v) is 5.89. The van der Waals surface area contributed by atoms with Crippen molar-refractivity contribution < 1.29 is 4.79 Å². The van der Waals surface area contributed by atoms with Gasteiger partial charge in [-0.15, -0.1) is 0 Å². The smallest absolute Gasteiger partial charge is 0.251 e. The fraction of sp³-hybridized carbons (Fsp3) is 0.167. The molecule has 7 nitrogen and oxygen atoms in total. The minimum absolute atomic E-state index is 0.121. The first-order valence-electron chi connectivity index (χ1n) is 5.89. The summed E-state index contributed by atoms with van der Waals surface area (Å²) in [4.78, 5) is 18.8. The number of fused-ring (bicyclic) bond motifs is 1. The summed E-state index contributed by atoms with van der Waals surface area (Å²) in [5.74, 6) is -0.121. The molecule has 0 radical (unpaired) electrons. The Balaban J connectivity index is 1.63. The molecule has 7 heteroatoms. The van der Waals surface area contributed by atoms with E-state index < -0.39 is 0 Å². The van der Waals surface area contributed by atoms with E-state index in [4.69, 9.17) is 0 Å². The van der Waals surface area contributed by atoms with E-state index in [1.165, 1.54) is 0 Å². The summed E-state index contributed by atoms with van der Waals surface area (Å²) in [5.41, 5.74) is 2.99. The highest BCUT2D eigenvalue weighted by atomic mass is 16.1. The lowest BCUT2D eigenvalue weighted by Gasteiger charge is -2.03. The number of rotatable bonds is 4. The Kier molecular flexibility index (Phi) is 2.93. The Hall–Kier alpha value is -2.70. The Morgan fingerprint density at radius 3 is 3.00 bits per heavy atom. The van der Waals surface area contributed by atoms with E-state index in [1.807, 2.05) is 0 Å². The minimum Gasteiger partial charge on any atom is -0.352 e. The molecule has 0 saturated heterocycles. The van der Waals surface area contributed by atoms with Crippen LogP contribution in [0.25, 0.3) is 11.0 Å². The van der Waals surface area contributed by atoms with Gasteiger partial charge in [-0.2, -0.15) is 15.4 Å². The molecule has 0 atom stereocenters. The molecule has 0 fully saturated rings. The maximum Gasteiger partial charge on any atom is 0.251 e. The molecule has 0 saturated carbocycles. The van der Waals surface area contributed by atoms with Gasteiger partial charge in [0.25, 0.3) is 5.91 Å². The van der Waals surface area contributed by atoms with Crippen LogP contribution in [0.5, 0.6) is 0 Å². The van der Waals surface area contributed by atoms with Crippen LogP contribution in [0.1, 0.15) is 16.1 Å². The molecule has 0 bridgehead atoms. The van der Waals surface area contributed by atoms with Crippen LogP contribution < -0.4 is 5.32 Å². The van der Waals surface area contributed by atoms with Crippen molar-refractivity contribution in [3.05, 3.63) is 42.0 Å². The highest BCUT2D eigenvalue weighted by Gasteiger charge is 2.07. The number of nitrogens with zero attached hydrogens (tertiary/aromatic N) is 3. The van der Waals surface area contributed by atoms with E-state index in [0.29, 0.717) is 17.6 Å². The monoisotopic (exact) mass is 256 g/mol. The standard InChI is InChI=1S/C12H12N6O/c19-12(14-4-3-9-6-13-7-15-9)8-1-2-10-11(5-8)17-18-16-10/h1-2,5-7H,3-4H2,(H,13,15)(H,14,19)(H,16,17,18). The number of amides is 1. The molecule has 0 unspecified atom stereocenters. The lowest BCUT2D eigenvalue weighted by atomic mass is 10.2. The molecule has 1 amide bonds. The van der Waals surface area contributed by atoms with E-state index in [1.54, 1.807) is 30.7 Å². The van der Waals surface area contributed by atoms with Crippen LogP contribution in [0.4, 0.5) is 0 Å². The van der Waals surface area contributed by atoms with Crippen molar-refractivity contribution in [2.24, 2.45) is 0 Å². The van der Waals surface area contributed by atoms with E-state index in [2.05, 4.69) is 30.7 Å². The van der Waals surface area contributed by atoms with Crippen LogP contribution in [-0.2, 0) is 6.42 Å². The van der Waals surface area contributed by atoms with Gasteiger partial charge in [-0.1, -0.05) is 0 Å². The maximum absolute atomic E-state index is 11.9. The number of nitrogens with one attached hydrogen (secondary N) is 3. The van der Waals surface area contributed by atoms with Gasteiger partial charge in [0.1, 0.15) is 11.0 Å². The average molecular weight is 256 g/mol. The normalized spacial score (nSPS) is 10.7. The third kappa shape index (κ3) is 2.44. The third-order valence-electron chi connectivity index (χ3n) is 2.81. The van der Waals surface area contributed by atoms with E-state index >= 15 is 0 Å². The molecule has 3 aromatic rings. The number of hydrogen-bond donors (Lipinski definition) is 3. The minimum atomic E-state index is -0.121. The van der Waals surface area contributed by atoms with Gasteiger partial charge in [0, 0.05) is 30.4 Å². The predicted octanol–water partition coefficient (Wildman–Crippen LogP) is 0.653. The molecule has 0 aliphatic heterocycles. The number of benzene rings is 1. The van der Waals surface area contributed by atoms with Gasteiger partial charge in [-0.25, -0.2) is 4.98 Å². The van der Waals surface area contributed by atoms with Crippen LogP contribution in [0.15, 0.2) is 30.7 Å². The summed E-state index contributed by atoms with van der Waals surface area (Å²) < 4.78 is 0. The lowest BCUT2D eigenvalue weighted by molar-refractivity contribution is 0.0954. The van der Waals surface area contributed by atoms with E-state index in [9.17, 15) is 4.79 Å². The molecular weight excluding hydrogens is 244 g/mol. The van der Waals surface area contributed by atoms with Gasteiger partial charge in [-0.3, -0.25) is 4.79 Å². The molecule has 0 spiro atoms. The molecule has 3 N–H and O–H groups in total. The van der Waals surface area contributed by atoms with Crippen molar-refractivity contribution in [3.63, 3.8) is 0 Å². The molecular formula is C12H12N6O. The number of carbonyl (C=O) groups excluding carboxylic acids is 1. The van der Waals surface area contributed by atoms with E-state index in [0.717, 1.165) is 17.6 Å². The Morgan fingerprint density at radius 2 is 2.16 bits per heavy atom. The second-order valence-corrected chi connectivity index (χ2v) is 4.11. The first-order chi connectivity index (χ1) is 9.33. The predicted molar refractivity (Wildman–Crippen MR) is 68.5 cm³/mol. The topological polar surface area (TPSA) is 99.4 Å². The molecule has 3 rings (SSSR count). The SMILES string of the molecule is O=C(NCCc1cnc[nH]1)c1ccc2n[nH]nc2c1. The van der Waals surface area contributed by atoms with E-state index in [-0.39, 0.29) is 5.91 Å². The number of hydrogen-bond acceptors (Lipinski definition) is 4. The third-order valence-corrected chi connectivity index (χ3v) is 2.81. The van der Waals surface area contributed by atoms with Crippen LogP contribution in [0.2, 0.25) is 0 Å². The zero-order valence-corrected chi connectivity index (χ0v) is 10.1. The fourth-order valence-electron chi connectivity index (χ4n) is 1.82. The first kappa shape index (κ1) is 11.4. The fourth-order valence-corrected chi connectivity index (χ4v) is 1.82. The second-order valence-electron chi connectivity index (χ2n) is 4.11. The molecule has 1 aromatic carbocycles. The second kappa shape index (κ2) is 4.89. The van der Waals surface area contributed by atoms with Crippen molar-refractivity contribution in [1.82, 2.24) is 30.7 Å². The Morgan fingerprint density at radius 1 is 1.26 bits per heavy atom. The number of aromatic nitrogens is 5. The van der Waals surface area contributed by atoms with Gasteiger partial charge in [-0.05, 0) is 18.2 Å². The molecule has 96 valence electrons. The summed E-state index contributed by atoms with van der Waals surface area (Å²) in [7, 11) is 0. The highest BCUT2D eigenvalue weighted by molar-refractivity contribution is 5.97. The van der Waals surface area contributed by atoms with Gasteiger partial charge < -0.3 is 10.3 Å². The average Bonchev–Trinajstić information content (AvgIpc) is 3.08. The molecule has 2 heterocycles. The molecule has 2 aromatic heterocycles. The zero-order valence-electron chi connectivity index (χ0n) is 10.1. The number of H-pyrrole nitrogens is 2. The van der Waals surface area contributed by atoms with Gasteiger partial charge in [0.15, 0.2) is 0 Å². The summed E-state index contributed by atoms with van der Waals surface area (Å²) >= 11 is 0. The van der Waals surface area contributed by atoms with Gasteiger partial charge >= 0.3 is 0 Å². The molecule has 0 aliphatic rings. The number of aromatic amines is 2. The number of imidazole rings is 1. The highest BCUT2D eigenvalue weighted by Crippen LogP contribution is 2.10.